The first-order valence-electron chi connectivity index (χ1n) is 7.02. The summed E-state index contributed by atoms with van der Waals surface area (Å²) in [6, 6.07) is 0.355. The van der Waals surface area contributed by atoms with Crippen molar-refractivity contribution in [3.8, 4) is 0 Å². The highest BCUT2D eigenvalue weighted by atomic mass is 79.9. The topological polar surface area (TPSA) is 39.1 Å². The molecule has 5 heteroatoms. The number of nitrogens with zero attached hydrogens (tertiary/aromatic N) is 2. The van der Waals surface area contributed by atoms with E-state index in [9.17, 15) is 0 Å². The molecule has 0 bridgehead atoms. The van der Waals surface area contributed by atoms with Crippen LogP contribution in [0.2, 0.25) is 0 Å². The number of hydrogen-bond donors (Lipinski definition) is 1. The first-order chi connectivity index (χ1) is 9.08. The first-order valence-corrected chi connectivity index (χ1v) is 7.81. The molecule has 0 amide bonds. The zero-order valence-electron chi connectivity index (χ0n) is 12.2. The Morgan fingerprint density at radius 3 is 2.63 bits per heavy atom. The number of likely N-dealkylation sites (N-methyl/N-ethyl adjacent to an activating group) is 1. The van der Waals surface area contributed by atoms with Gasteiger partial charge in [0.2, 0.25) is 0 Å². The van der Waals surface area contributed by atoms with E-state index in [1.807, 2.05) is 25.8 Å². The maximum atomic E-state index is 5.74. The van der Waals surface area contributed by atoms with Gasteiger partial charge in [0.25, 0.3) is 0 Å². The number of aryl methyl sites for hydroxylation is 2. The highest BCUT2D eigenvalue weighted by molar-refractivity contribution is 9.10. The van der Waals surface area contributed by atoms with Gasteiger partial charge in [0.1, 0.15) is 0 Å². The van der Waals surface area contributed by atoms with Crippen LogP contribution in [0.1, 0.15) is 31.2 Å². The molecule has 0 radical (unpaired) electrons. The van der Waals surface area contributed by atoms with Crippen molar-refractivity contribution in [3.05, 3.63) is 15.9 Å². The van der Waals surface area contributed by atoms with Gasteiger partial charge in [-0.1, -0.05) is 6.92 Å². The monoisotopic (exact) mass is 329 g/mol. The summed E-state index contributed by atoms with van der Waals surface area (Å²) in [7, 11) is 3.84. The van der Waals surface area contributed by atoms with Crippen LogP contribution in [0.25, 0.3) is 0 Å². The van der Waals surface area contributed by atoms with Crippen molar-refractivity contribution in [1.82, 2.24) is 15.1 Å². The Bertz CT molecular complexity index is 429. The molecule has 19 heavy (non-hydrogen) atoms. The van der Waals surface area contributed by atoms with Crippen molar-refractivity contribution in [2.75, 3.05) is 13.7 Å². The van der Waals surface area contributed by atoms with Crippen molar-refractivity contribution >= 4 is 15.9 Å². The van der Waals surface area contributed by atoms with Crippen molar-refractivity contribution in [1.29, 1.82) is 0 Å². The van der Waals surface area contributed by atoms with Gasteiger partial charge in [-0.2, -0.15) is 5.10 Å². The average molecular weight is 330 g/mol. The van der Waals surface area contributed by atoms with Crippen LogP contribution in [0.3, 0.4) is 0 Å². The summed E-state index contributed by atoms with van der Waals surface area (Å²) < 4.78 is 8.84. The van der Waals surface area contributed by atoms with Gasteiger partial charge in [-0.15, -0.1) is 0 Å². The molecule has 0 spiro atoms. The van der Waals surface area contributed by atoms with Gasteiger partial charge in [-0.25, -0.2) is 0 Å². The lowest BCUT2D eigenvalue weighted by Gasteiger charge is -2.27. The molecule has 0 aromatic carbocycles. The van der Waals surface area contributed by atoms with Gasteiger partial charge >= 0.3 is 0 Å². The molecule has 1 heterocycles. The first kappa shape index (κ1) is 15.0. The number of rotatable bonds is 7. The van der Waals surface area contributed by atoms with E-state index < -0.39 is 0 Å². The second-order valence-electron chi connectivity index (χ2n) is 5.38. The van der Waals surface area contributed by atoms with Gasteiger partial charge in [-0.3, -0.25) is 4.68 Å². The van der Waals surface area contributed by atoms with E-state index in [1.165, 1.54) is 18.5 Å². The highest BCUT2D eigenvalue weighted by Crippen LogP contribution is 2.36. The SMILES string of the molecule is CCNC(Cc1c(Br)c(C)nn1C)C(OC)C1CC1. The van der Waals surface area contributed by atoms with E-state index in [0.29, 0.717) is 12.1 Å². The molecule has 108 valence electrons. The number of aromatic nitrogens is 2. The zero-order valence-corrected chi connectivity index (χ0v) is 13.8. The van der Waals surface area contributed by atoms with Crippen LogP contribution in [0.4, 0.5) is 0 Å². The summed E-state index contributed by atoms with van der Waals surface area (Å²) in [5.41, 5.74) is 2.29. The fourth-order valence-corrected chi connectivity index (χ4v) is 3.28. The van der Waals surface area contributed by atoms with Crippen LogP contribution in [0.5, 0.6) is 0 Å². The standard InChI is InChI=1S/C14H24BrN3O/c1-5-16-11(14(19-4)10-6-7-10)8-12-13(15)9(2)17-18(12)3/h10-11,14,16H,5-8H2,1-4H3. The minimum Gasteiger partial charge on any atom is -0.380 e. The summed E-state index contributed by atoms with van der Waals surface area (Å²) in [5.74, 6) is 0.724. The van der Waals surface area contributed by atoms with E-state index in [4.69, 9.17) is 4.74 Å². The predicted molar refractivity (Wildman–Crippen MR) is 80.3 cm³/mol. The summed E-state index contributed by atoms with van der Waals surface area (Å²) >= 11 is 3.65. The molecule has 1 saturated carbocycles. The van der Waals surface area contributed by atoms with Crippen molar-refractivity contribution < 1.29 is 4.74 Å². The van der Waals surface area contributed by atoms with Crippen LogP contribution < -0.4 is 5.32 Å². The quantitative estimate of drug-likeness (QED) is 0.835. The van der Waals surface area contributed by atoms with Crippen LogP contribution in [0, 0.1) is 12.8 Å². The molecule has 1 aliphatic rings. The van der Waals surface area contributed by atoms with E-state index in [0.717, 1.165) is 29.1 Å². The molecule has 1 fully saturated rings. The van der Waals surface area contributed by atoms with Gasteiger partial charge in [0, 0.05) is 26.6 Å². The number of nitrogens with one attached hydrogen (secondary N) is 1. The van der Waals surface area contributed by atoms with E-state index >= 15 is 0 Å². The zero-order chi connectivity index (χ0) is 14.0. The van der Waals surface area contributed by atoms with Crippen molar-refractivity contribution in [3.63, 3.8) is 0 Å². The van der Waals surface area contributed by atoms with E-state index in [-0.39, 0.29) is 0 Å². The molecule has 2 atom stereocenters. The largest absolute Gasteiger partial charge is 0.380 e. The smallest absolute Gasteiger partial charge is 0.0756 e. The van der Waals surface area contributed by atoms with Crippen LogP contribution >= 0.6 is 15.9 Å². The summed E-state index contributed by atoms with van der Waals surface area (Å²) in [5, 5.41) is 8.05. The summed E-state index contributed by atoms with van der Waals surface area (Å²) in [6.07, 6.45) is 3.85. The van der Waals surface area contributed by atoms with Crippen LogP contribution in [0.15, 0.2) is 4.47 Å². The maximum absolute atomic E-state index is 5.74. The lowest BCUT2D eigenvalue weighted by Crippen LogP contribution is -2.44. The highest BCUT2D eigenvalue weighted by Gasteiger charge is 2.37. The Balaban J connectivity index is 2.15. The van der Waals surface area contributed by atoms with Gasteiger partial charge in [0.05, 0.1) is 22.0 Å². The molecule has 1 aromatic rings. The maximum Gasteiger partial charge on any atom is 0.0756 e. The lowest BCUT2D eigenvalue weighted by atomic mass is 10.0. The van der Waals surface area contributed by atoms with Crippen LogP contribution in [-0.2, 0) is 18.2 Å². The van der Waals surface area contributed by atoms with E-state index in [2.05, 4.69) is 33.3 Å². The summed E-state index contributed by atoms with van der Waals surface area (Å²) in [4.78, 5) is 0. The molecule has 4 nitrogen and oxygen atoms in total. The number of ether oxygens (including phenoxy) is 1. The fraction of sp³-hybridized carbons (Fsp3) is 0.786. The predicted octanol–water partition coefficient (Wildman–Crippen LogP) is 2.44. The minimum absolute atomic E-state index is 0.307. The normalized spacial score (nSPS) is 18.6. The van der Waals surface area contributed by atoms with Crippen molar-refractivity contribution in [2.45, 2.75) is 45.3 Å². The van der Waals surface area contributed by atoms with Crippen LogP contribution in [-0.4, -0.2) is 35.6 Å². The number of hydrogen-bond acceptors (Lipinski definition) is 3. The summed E-state index contributed by atoms with van der Waals surface area (Å²) in [6.45, 7) is 5.15. The molecule has 1 N–H and O–H groups in total. The molecule has 0 saturated heterocycles. The number of halogens is 1. The molecule has 0 aliphatic heterocycles. The Morgan fingerprint density at radius 1 is 1.53 bits per heavy atom. The molecule has 2 unspecified atom stereocenters. The van der Waals surface area contributed by atoms with Gasteiger partial charge < -0.3 is 10.1 Å². The third kappa shape index (κ3) is 3.38. The lowest BCUT2D eigenvalue weighted by molar-refractivity contribution is 0.0510. The number of methoxy groups -OCH3 is 1. The Kier molecular flexibility index (Phi) is 5.03. The molecular weight excluding hydrogens is 306 g/mol. The third-order valence-corrected chi connectivity index (χ3v) is 4.93. The second kappa shape index (κ2) is 6.37. The molecule has 1 aliphatic carbocycles. The van der Waals surface area contributed by atoms with Gasteiger partial charge in [-0.05, 0) is 48.2 Å². The van der Waals surface area contributed by atoms with Gasteiger partial charge in [0.15, 0.2) is 0 Å². The second-order valence-corrected chi connectivity index (χ2v) is 6.17. The van der Waals surface area contributed by atoms with Crippen molar-refractivity contribution in [2.24, 2.45) is 13.0 Å². The minimum atomic E-state index is 0.307. The Labute approximate surface area is 124 Å². The average Bonchev–Trinajstić information content (AvgIpc) is 3.16. The molecular formula is C14H24BrN3O. The van der Waals surface area contributed by atoms with E-state index in [1.54, 1.807) is 0 Å². The third-order valence-electron chi connectivity index (χ3n) is 3.90. The molecule has 2 rings (SSSR count). The fourth-order valence-electron chi connectivity index (χ4n) is 2.79. The molecule has 1 aromatic heterocycles. The Morgan fingerprint density at radius 2 is 2.21 bits per heavy atom. The Hall–Kier alpha value is -0.390.